The first-order valence-corrected chi connectivity index (χ1v) is 5.37. The Hall–Kier alpha value is -1.77. The summed E-state index contributed by atoms with van der Waals surface area (Å²) in [5.41, 5.74) is 1.64. The summed E-state index contributed by atoms with van der Waals surface area (Å²) in [5.74, 6) is 0.843. The Morgan fingerprint density at radius 1 is 1.19 bits per heavy atom. The summed E-state index contributed by atoms with van der Waals surface area (Å²) in [7, 11) is 1.64. The monoisotopic (exact) mass is 217 g/mol. The van der Waals surface area contributed by atoms with Crippen molar-refractivity contribution in [3.05, 3.63) is 46.2 Å². The second kappa shape index (κ2) is 4.00. The zero-order chi connectivity index (χ0) is 11.7. The lowest BCUT2D eigenvalue weighted by atomic mass is 10.0. The number of hydrogen-bond donors (Lipinski definition) is 0. The van der Waals surface area contributed by atoms with Crippen LogP contribution in [0.1, 0.15) is 25.3 Å². The highest BCUT2D eigenvalue weighted by Crippen LogP contribution is 2.26. The normalized spacial score (nSPS) is 11.0. The standard InChI is InChI=1S/C13H15NO2/c1-9(2)11-12(16-14(3)13(11)15)10-7-5-4-6-8-10/h4-9H,1-3H3. The Labute approximate surface area is 94.3 Å². The van der Waals surface area contributed by atoms with Crippen molar-refractivity contribution in [3.63, 3.8) is 0 Å². The van der Waals surface area contributed by atoms with Gasteiger partial charge in [0, 0.05) is 12.6 Å². The zero-order valence-electron chi connectivity index (χ0n) is 9.73. The van der Waals surface area contributed by atoms with Gasteiger partial charge in [0.05, 0.1) is 5.56 Å². The Kier molecular flexibility index (Phi) is 2.69. The van der Waals surface area contributed by atoms with Crippen molar-refractivity contribution < 1.29 is 4.52 Å². The fraction of sp³-hybridized carbons (Fsp3) is 0.308. The van der Waals surface area contributed by atoms with Gasteiger partial charge in [-0.25, -0.2) is 0 Å². The minimum atomic E-state index is -0.0474. The summed E-state index contributed by atoms with van der Waals surface area (Å²) in [4.78, 5) is 11.9. The van der Waals surface area contributed by atoms with Crippen LogP contribution < -0.4 is 5.56 Å². The molecule has 1 aromatic heterocycles. The quantitative estimate of drug-likeness (QED) is 0.775. The first-order chi connectivity index (χ1) is 7.61. The molecule has 1 aromatic carbocycles. The molecular weight excluding hydrogens is 202 g/mol. The van der Waals surface area contributed by atoms with Gasteiger partial charge in [0.15, 0.2) is 5.76 Å². The third-order valence-corrected chi connectivity index (χ3v) is 2.60. The third kappa shape index (κ3) is 1.69. The summed E-state index contributed by atoms with van der Waals surface area (Å²) in [6.07, 6.45) is 0. The number of aryl methyl sites for hydroxylation is 1. The van der Waals surface area contributed by atoms with Crippen molar-refractivity contribution in [2.75, 3.05) is 0 Å². The van der Waals surface area contributed by atoms with Crippen LogP contribution in [0, 0.1) is 0 Å². The topological polar surface area (TPSA) is 35.1 Å². The van der Waals surface area contributed by atoms with Crippen LogP contribution in [0.5, 0.6) is 0 Å². The van der Waals surface area contributed by atoms with Crippen molar-refractivity contribution in [3.8, 4) is 11.3 Å². The average Bonchev–Trinajstić information content (AvgIpc) is 2.57. The molecule has 0 saturated carbocycles. The van der Waals surface area contributed by atoms with Crippen LogP contribution in [0.3, 0.4) is 0 Å². The number of hydrogen-bond acceptors (Lipinski definition) is 2. The molecule has 0 aliphatic carbocycles. The Morgan fingerprint density at radius 3 is 2.38 bits per heavy atom. The van der Waals surface area contributed by atoms with Gasteiger partial charge in [0.25, 0.3) is 5.56 Å². The number of nitrogens with zero attached hydrogens (tertiary/aromatic N) is 1. The maximum Gasteiger partial charge on any atom is 0.286 e. The number of aromatic nitrogens is 1. The molecule has 0 radical (unpaired) electrons. The first-order valence-electron chi connectivity index (χ1n) is 5.37. The Balaban J connectivity index is 2.67. The van der Waals surface area contributed by atoms with Crippen LogP contribution in [0.2, 0.25) is 0 Å². The summed E-state index contributed by atoms with van der Waals surface area (Å²) >= 11 is 0. The fourth-order valence-corrected chi connectivity index (χ4v) is 1.80. The van der Waals surface area contributed by atoms with Gasteiger partial charge in [0.2, 0.25) is 0 Å². The molecule has 0 N–H and O–H groups in total. The lowest BCUT2D eigenvalue weighted by Gasteiger charge is -2.02. The molecule has 0 fully saturated rings. The van der Waals surface area contributed by atoms with Crippen LogP contribution >= 0.6 is 0 Å². The highest BCUT2D eigenvalue weighted by atomic mass is 16.5. The maximum absolute atomic E-state index is 11.9. The van der Waals surface area contributed by atoms with Crippen LogP contribution in [0.25, 0.3) is 11.3 Å². The molecule has 16 heavy (non-hydrogen) atoms. The largest absolute Gasteiger partial charge is 0.376 e. The van der Waals surface area contributed by atoms with Crippen LogP contribution in [0.15, 0.2) is 39.6 Å². The molecule has 0 aliphatic heterocycles. The number of rotatable bonds is 2. The molecule has 2 rings (SSSR count). The predicted molar refractivity (Wildman–Crippen MR) is 63.5 cm³/mol. The van der Waals surface area contributed by atoms with E-state index in [0.29, 0.717) is 5.76 Å². The van der Waals surface area contributed by atoms with Gasteiger partial charge in [0.1, 0.15) is 0 Å². The molecule has 0 amide bonds. The first kappa shape index (κ1) is 10.7. The van der Waals surface area contributed by atoms with E-state index >= 15 is 0 Å². The van der Waals surface area contributed by atoms with E-state index in [4.69, 9.17) is 4.52 Å². The average molecular weight is 217 g/mol. The molecule has 2 aromatic rings. The summed E-state index contributed by atoms with van der Waals surface area (Å²) < 4.78 is 6.79. The van der Waals surface area contributed by atoms with Crippen molar-refractivity contribution in [2.24, 2.45) is 7.05 Å². The molecule has 0 aliphatic rings. The summed E-state index contributed by atoms with van der Waals surface area (Å²) in [6.45, 7) is 4.00. The molecule has 0 unspecified atom stereocenters. The molecule has 1 heterocycles. The molecule has 0 saturated heterocycles. The van der Waals surface area contributed by atoms with Gasteiger partial charge in [-0.2, -0.15) is 4.74 Å². The van der Waals surface area contributed by atoms with E-state index in [1.54, 1.807) is 7.05 Å². The molecule has 3 heteroatoms. The molecule has 0 bridgehead atoms. The minimum absolute atomic E-state index is 0.0474. The maximum atomic E-state index is 11.9. The van der Waals surface area contributed by atoms with Gasteiger partial charge in [-0.05, 0) is 5.92 Å². The molecule has 3 nitrogen and oxygen atoms in total. The lowest BCUT2D eigenvalue weighted by molar-refractivity contribution is 0.307. The zero-order valence-corrected chi connectivity index (χ0v) is 9.73. The smallest absolute Gasteiger partial charge is 0.286 e. The second-order valence-corrected chi connectivity index (χ2v) is 4.16. The van der Waals surface area contributed by atoms with E-state index in [1.807, 2.05) is 44.2 Å². The predicted octanol–water partition coefficient (Wildman–Crippen LogP) is 2.77. The minimum Gasteiger partial charge on any atom is -0.376 e. The van der Waals surface area contributed by atoms with Gasteiger partial charge < -0.3 is 4.52 Å². The second-order valence-electron chi connectivity index (χ2n) is 4.16. The van der Waals surface area contributed by atoms with E-state index in [-0.39, 0.29) is 11.5 Å². The van der Waals surface area contributed by atoms with E-state index in [9.17, 15) is 4.79 Å². The SMILES string of the molecule is CC(C)c1c(-c2ccccc2)on(C)c1=O. The van der Waals surface area contributed by atoms with Crippen LogP contribution in [-0.4, -0.2) is 4.74 Å². The van der Waals surface area contributed by atoms with Crippen LogP contribution in [-0.2, 0) is 7.05 Å². The molecule has 0 spiro atoms. The van der Waals surface area contributed by atoms with Gasteiger partial charge in [-0.1, -0.05) is 44.2 Å². The van der Waals surface area contributed by atoms with E-state index in [2.05, 4.69) is 0 Å². The molecule has 0 atom stereocenters. The lowest BCUT2D eigenvalue weighted by Crippen LogP contribution is -2.14. The van der Waals surface area contributed by atoms with E-state index in [1.165, 1.54) is 4.74 Å². The van der Waals surface area contributed by atoms with E-state index < -0.39 is 0 Å². The van der Waals surface area contributed by atoms with Crippen molar-refractivity contribution in [2.45, 2.75) is 19.8 Å². The van der Waals surface area contributed by atoms with Gasteiger partial charge in [-0.15, -0.1) is 0 Å². The fourth-order valence-electron chi connectivity index (χ4n) is 1.80. The van der Waals surface area contributed by atoms with E-state index in [0.717, 1.165) is 11.1 Å². The van der Waals surface area contributed by atoms with Crippen LogP contribution in [0.4, 0.5) is 0 Å². The summed E-state index contributed by atoms with van der Waals surface area (Å²) in [5, 5.41) is 0. The van der Waals surface area contributed by atoms with Crippen molar-refractivity contribution in [1.82, 2.24) is 4.74 Å². The highest BCUT2D eigenvalue weighted by molar-refractivity contribution is 5.61. The van der Waals surface area contributed by atoms with Gasteiger partial charge in [-0.3, -0.25) is 4.79 Å². The van der Waals surface area contributed by atoms with Gasteiger partial charge >= 0.3 is 0 Å². The molecule has 84 valence electrons. The third-order valence-electron chi connectivity index (χ3n) is 2.60. The Morgan fingerprint density at radius 2 is 1.81 bits per heavy atom. The van der Waals surface area contributed by atoms with Crippen molar-refractivity contribution in [1.29, 1.82) is 0 Å². The number of benzene rings is 1. The highest BCUT2D eigenvalue weighted by Gasteiger charge is 2.19. The Bertz CT molecular complexity index is 535. The van der Waals surface area contributed by atoms with Crippen molar-refractivity contribution >= 4 is 0 Å². The molecular formula is C13H15NO2. The summed E-state index contributed by atoms with van der Waals surface area (Å²) in [6, 6.07) is 9.72.